The molecule has 1 unspecified atom stereocenters. The van der Waals surface area contributed by atoms with Crippen molar-refractivity contribution in [3.63, 3.8) is 0 Å². The van der Waals surface area contributed by atoms with E-state index in [4.69, 9.17) is 0 Å². The van der Waals surface area contributed by atoms with E-state index in [0.29, 0.717) is 6.54 Å². The van der Waals surface area contributed by atoms with Gasteiger partial charge < -0.3 is 14.8 Å². The maximum atomic E-state index is 12.3. The van der Waals surface area contributed by atoms with Gasteiger partial charge >= 0.3 is 6.03 Å². The monoisotopic (exact) mass is 340 g/mol. The van der Waals surface area contributed by atoms with Crippen LogP contribution in [0.1, 0.15) is 23.4 Å². The van der Waals surface area contributed by atoms with E-state index >= 15 is 0 Å². The molecule has 6 heteroatoms. The summed E-state index contributed by atoms with van der Waals surface area (Å²) in [6.07, 6.45) is 5.42. The molecular formula is C18H20N4OS. The summed E-state index contributed by atoms with van der Waals surface area (Å²) in [6.45, 7) is 2.61. The lowest BCUT2D eigenvalue weighted by Gasteiger charge is -2.21. The van der Waals surface area contributed by atoms with Crippen molar-refractivity contribution >= 4 is 17.4 Å². The molecule has 0 saturated carbocycles. The minimum Gasteiger partial charge on any atom is -0.331 e. The summed E-state index contributed by atoms with van der Waals surface area (Å²) < 4.78 is 1.95. The van der Waals surface area contributed by atoms with Crippen molar-refractivity contribution < 1.29 is 4.79 Å². The first-order chi connectivity index (χ1) is 11.6. The van der Waals surface area contributed by atoms with Gasteiger partial charge in [0.1, 0.15) is 0 Å². The largest absolute Gasteiger partial charge is 0.331 e. The van der Waals surface area contributed by atoms with Gasteiger partial charge in [0.2, 0.25) is 0 Å². The second-order valence-electron chi connectivity index (χ2n) is 5.67. The van der Waals surface area contributed by atoms with E-state index in [1.807, 2.05) is 66.5 Å². The number of hydrogen-bond acceptors (Lipinski definition) is 3. The van der Waals surface area contributed by atoms with Crippen molar-refractivity contribution in [3.8, 4) is 5.69 Å². The molecule has 0 aliphatic heterocycles. The van der Waals surface area contributed by atoms with Crippen LogP contribution in [-0.4, -0.2) is 27.5 Å². The van der Waals surface area contributed by atoms with Crippen LogP contribution >= 0.6 is 11.3 Å². The molecule has 0 fully saturated rings. The van der Waals surface area contributed by atoms with Crippen molar-refractivity contribution in [2.45, 2.75) is 19.5 Å². The lowest BCUT2D eigenvalue weighted by Crippen LogP contribution is -2.38. The summed E-state index contributed by atoms with van der Waals surface area (Å²) in [6, 6.07) is 12.0. The van der Waals surface area contributed by atoms with E-state index in [0.717, 1.165) is 11.3 Å². The second kappa shape index (κ2) is 7.31. The average molecular weight is 340 g/mol. The number of nitrogens with one attached hydrogen (secondary N) is 1. The number of imidazole rings is 1. The molecule has 1 atom stereocenters. The molecule has 0 radical (unpaired) electrons. The number of carbonyl (C=O) groups is 1. The van der Waals surface area contributed by atoms with E-state index in [2.05, 4.69) is 10.3 Å². The highest BCUT2D eigenvalue weighted by Crippen LogP contribution is 2.16. The van der Waals surface area contributed by atoms with Crippen molar-refractivity contribution in [3.05, 3.63) is 70.9 Å². The van der Waals surface area contributed by atoms with E-state index in [-0.39, 0.29) is 12.1 Å². The molecule has 3 aromatic rings. The van der Waals surface area contributed by atoms with Gasteiger partial charge in [-0.25, -0.2) is 9.78 Å². The minimum atomic E-state index is -0.0745. The number of rotatable bonds is 5. The fourth-order valence-electron chi connectivity index (χ4n) is 2.43. The van der Waals surface area contributed by atoms with Crippen LogP contribution in [0.4, 0.5) is 4.79 Å². The van der Waals surface area contributed by atoms with Gasteiger partial charge in [0.15, 0.2) is 0 Å². The predicted molar refractivity (Wildman–Crippen MR) is 96.3 cm³/mol. The molecule has 0 saturated heterocycles. The average Bonchev–Trinajstić information content (AvgIpc) is 3.28. The Morgan fingerprint density at radius 1 is 1.33 bits per heavy atom. The molecule has 0 aliphatic rings. The van der Waals surface area contributed by atoms with Crippen LogP contribution in [0.25, 0.3) is 5.69 Å². The molecule has 2 heterocycles. The van der Waals surface area contributed by atoms with Crippen LogP contribution in [0.3, 0.4) is 0 Å². The third kappa shape index (κ3) is 3.83. The number of hydrogen-bond donors (Lipinski definition) is 1. The Morgan fingerprint density at radius 2 is 2.12 bits per heavy atom. The highest BCUT2D eigenvalue weighted by atomic mass is 32.1. The second-order valence-corrected chi connectivity index (χ2v) is 6.70. The van der Waals surface area contributed by atoms with E-state index in [1.165, 1.54) is 4.88 Å². The molecule has 2 aromatic heterocycles. The Kier molecular flexibility index (Phi) is 4.96. The molecule has 2 amide bonds. The molecule has 3 rings (SSSR count). The standard InChI is InChI=1S/C18H20N4OS/c1-14(20-18(23)21(2)12-17-4-3-11-24-17)15-5-7-16(8-6-15)22-10-9-19-13-22/h3-11,13-14H,12H2,1-2H3,(H,20,23). The quantitative estimate of drug-likeness (QED) is 0.767. The van der Waals surface area contributed by atoms with Gasteiger partial charge in [-0.1, -0.05) is 18.2 Å². The molecule has 124 valence electrons. The van der Waals surface area contributed by atoms with Gasteiger partial charge in [0.05, 0.1) is 18.9 Å². The third-order valence-electron chi connectivity index (χ3n) is 3.86. The number of carbonyl (C=O) groups excluding carboxylic acids is 1. The Morgan fingerprint density at radius 3 is 2.75 bits per heavy atom. The number of thiophene rings is 1. The van der Waals surface area contributed by atoms with E-state index in [9.17, 15) is 4.79 Å². The zero-order chi connectivity index (χ0) is 16.9. The summed E-state index contributed by atoms with van der Waals surface area (Å²) in [7, 11) is 1.81. The van der Waals surface area contributed by atoms with Gasteiger partial charge in [-0.05, 0) is 36.1 Å². The van der Waals surface area contributed by atoms with Crippen molar-refractivity contribution in [2.24, 2.45) is 0 Å². The van der Waals surface area contributed by atoms with Crippen LogP contribution in [0.2, 0.25) is 0 Å². The van der Waals surface area contributed by atoms with E-state index < -0.39 is 0 Å². The summed E-state index contributed by atoms with van der Waals surface area (Å²) in [5.74, 6) is 0. The third-order valence-corrected chi connectivity index (χ3v) is 4.72. The maximum absolute atomic E-state index is 12.3. The summed E-state index contributed by atoms with van der Waals surface area (Å²) in [5, 5.41) is 5.05. The summed E-state index contributed by atoms with van der Waals surface area (Å²) in [4.78, 5) is 19.2. The van der Waals surface area contributed by atoms with Crippen LogP contribution < -0.4 is 5.32 Å². The van der Waals surface area contributed by atoms with Crippen molar-refractivity contribution in [2.75, 3.05) is 7.05 Å². The fraction of sp³-hybridized carbons (Fsp3) is 0.222. The zero-order valence-electron chi connectivity index (χ0n) is 13.7. The first-order valence-corrected chi connectivity index (χ1v) is 8.64. The van der Waals surface area contributed by atoms with Gasteiger partial charge in [0.25, 0.3) is 0 Å². The highest BCUT2D eigenvalue weighted by Gasteiger charge is 2.14. The number of amides is 2. The molecular weight excluding hydrogens is 320 g/mol. The highest BCUT2D eigenvalue weighted by molar-refractivity contribution is 7.09. The Hall–Kier alpha value is -2.60. The van der Waals surface area contributed by atoms with Crippen LogP contribution in [0.5, 0.6) is 0 Å². The van der Waals surface area contributed by atoms with Crippen molar-refractivity contribution in [1.29, 1.82) is 0 Å². The van der Waals surface area contributed by atoms with Gasteiger partial charge in [-0.3, -0.25) is 0 Å². The Bertz CT molecular complexity index is 766. The first-order valence-electron chi connectivity index (χ1n) is 7.76. The van der Waals surface area contributed by atoms with Crippen LogP contribution in [0, 0.1) is 0 Å². The number of urea groups is 1. The van der Waals surface area contributed by atoms with Gasteiger partial charge in [0, 0.05) is 30.0 Å². The summed E-state index contributed by atoms with van der Waals surface area (Å²) in [5.41, 5.74) is 2.11. The lowest BCUT2D eigenvalue weighted by molar-refractivity contribution is 0.204. The van der Waals surface area contributed by atoms with Crippen LogP contribution in [0.15, 0.2) is 60.5 Å². The normalized spacial score (nSPS) is 11.9. The van der Waals surface area contributed by atoms with Gasteiger partial charge in [-0.2, -0.15) is 0 Å². The van der Waals surface area contributed by atoms with Gasteiger partial charge in [-0.15, -0.1) is 11.3 Å². The molecule has 0 aliphatic carbocycles. The summed E-state index contributed by atoms with van der Waals surface area (Å²) >= 11 is 1.66. The molecule has 0 bridgehead atoms. The Labute approximate surface area is 145 Å². The molecule has 24 heavy (non-hydrogen) atoms. The fourth-order valence-corrected chi connectivity index (χ4v) is 3.19. The number of nitrogens with zero attached hydrogens (tertiary/aromatic N) is 3. The zero-order valence-corrected chi connectivity index (χ0v) is 14.5. The molecule has 1 aromatic carbocycles. The lowest BCUT2D eigenvalue weighted by atomic mass is 10.1. The SMILES string of the molecule is CC(NC(=O)N(C)Cc1cccs1)c1ccc(-n2ccnc2)cc1. The minimum absolute atomic E-state index is 0.0554. The number of aromatic nitrogens is 2. The van der Waals surface area contributed by atoms with Crippen molar-refractivity contribution in [1.82, 2.24) is 19.8 Å². The molecule has 0 spiro atoms. The molecule has 1 N–H and O–H groups in total. The maximum Gasteiger partial charge on any atom is 0.317 e. The van der Waals surface area contributed by atoms with Crippen LogP contribution in [-0.2, 0) is 6.54 Å². The molecule has 5 nitrogen and oxygen atoms in total. The number of benzene rings is 1. The topological polar surface area (TPSA) is 50.2 Å². The first kappa shape index (κ1) is 16.3. The Balaban J connectivity index is 1.59. The predicted octanol–water partition coefficient (Wildman–Crippen LogP) is 3.84. The van der Waals surface area contributed by atoms with E-state index in [1.54, 1.807) is 28.8 Å². The smallest absolute Gasteiger partial charge is 0.317 e.